The second-order valence-electron chi connectivity index (χ2n) is 4.55. The molecule has 0 fully saturated rings. The van der Waals surface area contributed by atoms with E-state index in [9.17, 15) is 8.42 Å². The Morgan fingerprint density at radius 2 is 2.10 bits per heavy atom. The fraction of sp³-hybridized carbons (Fsp3) is 0.214. The minimum atomic E-state index is -3.63. The van der Waals surface area contributed by atoms with E-state index in [4.69, 9.17) is 5.11 Å². The second-order valence-corrected chi connectivity index (χ2v) is 7.14. The van der Waals surface area contributed by atoms with Crippen molar-refractivity contribution in [2.45, 2.75) is 25.0 Å². The summed E-state index contributed by atoms with van der Waals surface area (Å²) in [6.07, 6.45) is 3.32. The van der Waals surface area contributed by atoms with Crippen LogP contribution < -0.4 is 4.72 Å². The van der Waals surface area contributed by atoms with Crippen molar-refractivity contribution in [1.82, 2.24) is 9.71 Å². The molecule has 7 heteroatoms. The Balaban J connectivity index is 2.21. The number of sulfonamides is 1. The van der Waals surface area contributed by atoms with Crippen LogP contribution in [0.2, 0.25) is 0 Å². The molecule has 0 bridgehead atoms. The van der Waals surface area contributed by atoms with Crippen molar-refractivity contribution in [1.29, 1.82) is 0 Å². The molecule has 0 amide bonds. The van der Waals surface area contributed by atoms with E-state index in [1.165, 1.54) is 6.07 Å². The average molecular weight is 371 g/mol. The third-order valence-electron chi connectivity index (χ3n) is 3.06. The number of benzene rings is 1. The van der Waals surface area contributed by atoms with Gasteiger partial charge in [0.25, 0.3) is 0 Å². The van der Waals surface area contributed by atoms with Crippen molar-refractivity contribution in [3.63, 3.8) is 0 Å². The Morgan fingerprint density at radius 3 is 2.71 bits per heavy atom. The van der Waals surface area contributed by atoms with Crippen LogP contribution in [0.4, 0.5) is 0 Å². The van der Waals surface area contributed by atoms with E-state index in [0.29, 0.717) is 10.0 Å². The third kappa shape index (κ3) is 3.88. The van der Waals surface area contributed by atoms with Crippen LogP contribution in [-0.2, 0) is 23.2 Å². The molecular formula is C14H15BrN2O3S. The number of nitrogens with one attached hydrogen (secondary N) is 1. The number of rotatable bonds is 5. The predicted molar refractivity (Wildman–Crippen MR) is 83.1 cm³/mol. The summed E-state index contributed by atoms with van der Waals surface area (Å²) in [6, 6.07) is 6.42. The van der Waals surface area contributed by atoms with Gasteiger partial charge in [0.1, 0.15) is 0 Å². The van der Waals surface area contributed by atoms with E-state index < -0.39 is 10.0 Å². The molecule has 0 spiro atoms. The average Bonchev–Trinajstić information content (AvgIpc) is 2.46. The number of nitrogens with zero attached hydrogens (tertiary/aromatic N) is 1. The van der Waals surface area contributed by atoms with E-state index in [1.807, 2.05) is 6.92 Å². The number of halogens is 1. The van der Waals surface area contributed by atoms with Crippen LogP contribution in [0, 0.1) is 6.92 Å². The molecule has 21 heavy (non-hydrogen) atoms. The molecule has 0 unspecified atom stereocenters. The minimum Gasteiger partial charge on any atom is -0.392 e. The van der Waals surface area contributed by atoms with Gasteiger partial charge in [-0.1, -0.05) is 6.07 Å². The van der Waals surface area contributed by atoms with Gasteiger partial charge in [0.05, 0.1) is 11.5 Å². The van der Waals surface area contributed by atoms with E-state index in [2.05, 4.69) is 25.6 Å². The van der Waals surface area contributed by atoms with Crippen molar-refractivity contribution in [3.05, 3.63) is 57.8 Å². The summed E-state index contributed by atoms with van der Waals surface area (Å²) in [5.41, 5.74) is 2.44. The Hall–Kier alpha value is -1.28. The molecule has 1 heterocycles. The lowest BCUT2D eigenvalue weighted by Crippen LogP contribution is -2.24. The first-order valence-corrected chi connectivity index (χ1v) is 8.50. The second kappa shape index (κ2) is 6.65. The molecule has 1 aromatic heterocycles. The molecule has 2 N–H and O–H groups in total. The van der Waals surface area contributed by atoms with Gasteiger partial charge in [-0.25, -0.2) is 13.1 Å². The van der Waals surface area contributed by atoms with Gasteiger partial charge in [-0.3, -0.25) is 4.98 Å². The molecule has 2 aromatic rings. The summed E-state index contributed by atoms with van der Waals surface area (Å²) in [5, 5.41) is 9.05. The quantitative estimate of drug-likeness (QED) is 0.844. The zero-order valence-corrected chi connectivity index (χ0v) is 13.8. The van der Waals surface area contributed by atoms with Gasteiger partial charge in [-0.05, 0) is 57.7 Å². The minimum absolute atomic E-state index is 0.136. The maximum atomic E-state index is 12.3. The Kier molecular flexibility index (Phi) is 5.10. The summed E-state index contributed by atoms with van der Waals surface area (Å²) in [4.78, 5) is 4.12. The Bertz CT molecular complexity index is 748. The Labute approximate surface area is 132 Å². The summed E-state index contributed by atoms with van der Waals surface area (Å²) in [5.74, 6) is 0. The molecule has 0 aliphatic heterocycles. The molecule has 1 aromatic carbocycles. The molecule has 0 saturated heterocycles. The lowest BCUT2D eigenvalue weighted by molar-refractivity contribution is 0.281. The maximum Gasteiger partial charge on any atom is 0.241 e. The third-order valence-corrected chi connectivity index (χ3v) is 5.44. The van der Waals surface area contributed by atoms with Gasteiger partial charge >= 0.3 is 0 Å². The zero-order valence-electron chi connectivity index (χ0n) is 11.4. The van der Waals surface area contributed by atoms with Crippen molar-refractivity contribution in [2.75, 3.05) is 0 Å². The number of aliphatic hydroxyl groups is 1. The van der Waals surface area contributed by atoms with Crippen LogP contribution in [0.3, 0.4) is 0 Å². The predicted octanol–water partition coefficient (Wildman–Crippen LogP) is 2.12. The highest BCUT2D eigenvalue weighted by Crippen LogP contribution is 2.23. The van der Waals surface area contributed by atoms with Gasteiger partial charge in [-0.15, -0.1) is 0 Å². The van der Waals surface area contributed by atoms with Crippen LogP contribution in [0.15, 0.2) is 46.0 Å². The molecular weight excluding hydrogens is 356 g/mol. The maximum absolute atomic E-state index is 12.3. The highest BCUT2D eigenvalue weighted by molar-refractivity contribution is 9.10. The van der Waals surface area contributed by atoms with E-state index in [0.717, 1.165) is 11.1 Å². The lowest BCUT2D eigenvalue weighted by atomic mass is 10.2. The number of aromatic nitrogens is 1. The molecule has 5 nitrogen and oxygen atoms in total. The van der Waals surface area contributed by atoms with Crippen molar-refractivity contribution >= 4 is 26.0 Å². The zero-order chi connectivity index (χ0) is 15.5. The monoisotopic (exact) mass is 370 g/mol. The first kappa shape index (κ1) is 16.1. The smallest absolute Gasteiger partial charge is 0.241 e. The largest absolute Gasteiger partial charge is 0.392 e. The number of aliphatic hydroxyl groups excluding tert-OH is 1. The van der Waals surface area contributed by atoms with E-state index in [1.54, 1.807) is 30.6 Å². The molecule has 0 saturated carbocycles. The first-order valence-electron chi connectivity index (χ1n) is 6.22. The fourth-order valence-electron chi connectivity index (χ4n) is 1.81. The standard InChI is InChI=1S/C14H15BrN2O3S/c1-10-7-16-5-4-12(10)8-17-21(19,20)14-3-2-11(9-18)6-13(14)15/h2-7,17-18H,8-9H2,1H3. The van der Waals surface area contributed by atoms with Gasteiger partial charge in [0, 0.05) is 23.4 Å². The SMILES string of the molecule is Cc1cnccc1CNS(=O)(=O)c1ccc(CO)cc1Br. The van der Waals surface area contributed by atoms with Crippen LogP contribution in [0.25, 0.3) is 0 Å². The number of hydrogen-bond donors (Lipinski definition) is 2. The van der Waals surface area contributed by atoms with Crippen LogP contribution in [-0.4, -0.2) is 18.5 Å². The Morgan fingerprint density at radius 1 is 1.33 bits per heavy atom. The summed E-state index contributed by atoms with van der Waals surface area (Å²) >= 11 is 3.22. The fourth-order valence-corrected chi connectivity index (χ4v) is 3.94. The van der Waals surface area contributed by atoms with Crippen molar-refractivity contribution in [2.24, 2.45) is 0 Å². The van der Waals surface area contributed by atoms with Gasteiger partial charge in [0.15, 0.2) is 0 Å². The van der Waals surface area contributed by atoms with Gasteiger partial charge in [-0.2, -0.15) is 0 Å². The van der Waals surface area contributed by atoms with Crippen LogP contribution >= 0.6 is 15.9 Å². The molecule has 0 radical (unpaired) electrons. The molecule has 0 aliphatic rings. The van der Waals surface area contributed by atoms with E-state index in [-0.39, 0.29) is 18.0 Å². The van der Waals surface area contributed by atoms with Crippen LogP contribution in [0.1, 0.15) is 16.7 Å². The van der Waals surface area contributed by atoms with Crippen molar-refractivity contribution in [3.8, 4) is 0 Å². The molecule has 112 valence electrons. The molecule has 2 rings (SSSR count). The number of pyridine rings is 1. The number of aryl methyl sites for hydroxylation is 1. The summed E-state index contributed by atoms with van der Waals surface area (Å²) < 4.78 is 27.6. The topological polar surface area (TPSA) is 79.3 Å². The highest BCUT2D eigenvalue weighted by atomic mass is 79.9. The summed E-state index contributed by atoms with van der Waals surface area (Å²) in [6.45, 7) is 1.94. The van der Waals surface area contributed by atoms with E-state index >= 15 is 0 Å². The molecule has 0 atom stereocenters. The normalized spacial score (nSPS) is 11.6. The van der Waals surface area contributed by atoms with Crippen molar-refractivity contribution < 1.29 is 13.5 Å². The number of hydrogen-bond acceptors (Lipinski definition) is 4. The lowest BCUT2D eigenvalue weighted by Gasteiger charge is -2.10. The summed E-state index contributed by atoms with van der Waals surface area (Å²) in [7, 11) is -3.63. The molecule has 0 aliphatic carbocycles. The highest BCUT2D eigenvalue weighted by Gasteiger charge is 2.17. The van der Waals surface area contributed by atoms with Gasteiger partial charge < -0.3 is 5.11 Å². The van der Waals surface area contributed by atoms with Gasteiger partial charge in [0.2, 0.25) is 10.0 Å². The first-order chi connectivity index (χ1) is 9.94. The van der Waals surface area contributed by atoms with Crippen LogP contribution in [0.5, 0.6) is 0 Å².